The number of anilines is 3. The van der Waals surface area contributed by atoms with Crippen LogP contribution >= 0.6 is 0 Å². The Labute approximate surface area is 116 Å². The summed E-state index contributed by atoms with van der Waals surface area (Å²) < 4.78 is 0. The fourth-order valence-electron chi connectivity index (χ4n) is 1.89. The van der Waals surface area contributed by atoms with Crippen molar-refractivity contribution in [3.8, 4) is 0 Å². The fourth-order valence-corrected chi connectivity index (χ4v) is 1.89. The van der Waals surface area contributed by atoms with Crippen molar-refractivity contribution in [2.24, 2.45) is 0 Å². The van der Waals surface area contributed by atoms with E-state index in [1.807, 2.05) is 32.0 Å². The van der Waals surface area contributed by atoms with Crippen LogP contribution < -0.4 is 11.1 Å². The Morgan fingerprint density at radius 1 is 1.25 bits per heavy atom. The molecule has 7 heteroatoms. The molecule has 0 fully saturated rings. The number of nitrogens with one attached hydrogen (secondary N) is 1. The quantitative estimate of drug-likeness (QED) is 0.657. The topological polar surface area (TPSA) is 107 Å². The Bertz CT molecular complexity index is 685. The minimum absolute atomic E-state index is 0.000839. The molecule has 0 atom stereocenters. The molecule has 0 radical (unpaired) electrons. The molecule has 2 aromatic rings. The number of nitrogens with two attached hydrogens (primary N) is 1. The summed E-state index contributed by atoms with van der Waals surface area (Å²) in [6, 6.07) is 5.79. The normalized spacial score (nSPS) is 10.3. The first-order valence-electron chi connectivity index (χ1n) is 6.01. The summed E-state index contributed by atoms with van der Waals surface area (Å²) in [4.78, 5) is 18.4. The highest BCUT2D eigenvalue weighted by Gasteiger charge is 2.22. The maximum Gasteiger partial charge on any atom is 0.332 e. The van der Waals surface area contributed by atoms with E-state index < -0.39 is 4.92 Å². The van der Waals surface area contributed by atoms with Crippen LogP contribution in [0.15, 0.2) is 18.2 Å². The molecule has 0 unspecified atom stereocenters. The van der Waals surface area contributed by atoms with E-state index in [0.717, 1.165) is 16.8 Å². The predicted molar refractivity (Wildman–Crippen MR) is 77.0 cm³/mol. The molecular formula is C13H15N5O2. The van der Waals surface area contributed by atoms with Crippen molar-refractivity contribution in [2.45, 2.75) is 20.8 Å². The SMILES string of the molecule is Cc1ccc(C)c(Nc2nc(N)nc(C)c2[N+](=O)[O-])c1. The van der Waals surface area contributed by atoms with Crippen molar-refractivity contribution in [1.82, 2.24) is 9.97 Å². The molecule has 7 nitrogen and oxygen atoms in total. The van der Waals surface area contributed by atoms with Crippen LogP contribution in [0.5, 0.6) is 0 Å². The van der Waals surface area contributed by atoms with Crippen LogP contribution in [0, 0.1) is 30.9 Å². The van der Waals surface area contributed by atoms with Gasteiger partial charge in [-0.15, -0.1) is 0 Å². The lowest BCUT2D eigenvalue weighted by Gasteiger charge is -2.11. The van der Waals surface area contributed by atoms with Crippen molar-refractivity contribution >= 4 is 23.1 Å². The first kappa shape index (κ1) is 13.7. The Morgan fingerprint density at radius 2 is 1.95 bits per heavy atom. The van der Waals surface area contributed by atoms with Gasteiger partial charge in [-0.25, -0.2) is 4.98 Å². The van der Waals surface area contributed by atoms with Gasteiger partial charge in [-0.1, -0.05) is 12.1 Å². The lowest BCUT2D eigenvalue weighted by Crippen LogP contribution is -2.07. The van der Waals surface area contributed by atoms with Crippen molar-refractivity contribution < 1.29 is 4.92 Å². The van der Waals surface area contributed by atoms with E-state index in [0.29, 0.717) is 0 Å². The smallest absolute Gasteiger partial charge is 0.332 e. The molecule has 0 saturated heterocycles. The minimum atomic E-state index is -0.512. The molecule has 1 aromatic carbocycles. The third kappa shape index (κ3) is 2.66. The van der Waals surface area contributed by atoms with Gasteiger partial charge in [-0.3, -0.25) is 10.1 Å². The van der Waals surface area contributed by atoms with Crippen LogP contribution in [-0.4, -0.2) is 14.9 Å². The lowest BCUT2D eigenvalue weighted by atomic mass is 10.1. The van der Waals surface area contributed by atoms with E-state index >= 15 is 0 Å². The van der Waals surface area contributed by atoms with Gasteiger partial charge >= 0.3 is 5.69 Å². The first-order valence-corrected chi connectivity index (χ1v) is 6.01. The van der Waals surface area contributed by atoms with E-state index in [1.165, 1.54) is 6.92 Å². The Hall–Kier alpha value is -2.70. The average Bonchev–Trinajstić information content (AvgIpc) is 2.32. The summed E-state index contributed by atoms with van der Waals surface area (Å²) in [6.07, 6.45) is 0. The summed E-state index contributed by atoms with van der Waals surface area (Å²) in [5.74, 6) is 0.106. The lowest BCUT2D eigenvalue weighted by molar-refractivity contribution is -0.385. The fraction of sp³-hybridized carbons (Fsp3) is 0.231. The van der Waals surface area contributed by atoms with Gasteiger partial charge in [0.15, 0.2) is 0 Å². The zero-order valence-electron chi connectivity index (χ0n) is 11.5. The van der Waals surface area contributed by atoms with E-state index in [2.05, 4.69) is 15.3 Å². The molecular weight excluding hydrogens is 258 g/mol. The van der Waals surface area contributed by atoms with Crippen LogP contribution in [0.3, 0.4) is 0 Å². The molecule has 2 rings (SSSR count). The van der Waals surface area contributed by atoms with Gasteiger partial charge in [0.05, 0.1) is 4.92 Å². The Balaban J connectivity index is 2.53. The molecule has 0 bridgehead atoms. The molecule has 1 heterocycles. The average molecular weight is 273 g/mol. The van der Waals surface area contributed by atoms with Crippen molar-refractivity contribution in [1.29, 1.82) is 0 Å². The molecule has 20 heavy (non-hydrogen) atoms. The second kappa shape index (κ2) is 5.12. The predicted octanol–water partition coefficient (Wildman–Crippen LogP) is 2.64. The summed E-state index contributed by atoms with van der Waals surface area (Å²) in [5, 5.41) is 14.1. The third-order valence-corrected chi connectivity index (χ3v) is 2.90. The van der Waals surface area contributed by atoms with Gasteiger partial charge < -0.3 is 11.1 Å². The number of hydrogen-bond donors (Lipinski definition) is 2. The molecule has 0 aliphatic heterocycles. The zero-order chi connectivity index (χ0) is 14.9. The number of benzene rings is 1. The maximum absolute atomic E-state index is 11.1. The van der Waals surface area contributed by atoms with Gasteiger partial charge in [0.1, 0.15) is 5.69 Å². The molecule has 0 aliphatic rings. The van der Waals surface area contributed by atoms with Gasteiger partial charge in [0, 0.05) is 5.69 Å². The van der Waals surface area contributed by atoms with E-state index in [9.17, 15) is 10.1 Å². The summed E-state index contributed by atoms with van der Waals surface area (Å²) in [5.41, 5.74) is 8.38. The number of aryl methyl sites for hydroxylation is 3. The highest BCUT2D eigenvalue weighted by atomic mass is 16.6. The van der Waals surface area contributed by atoms with Gasteiger partial charge in [0.2, 0.25) is 11.8 Å². The molecule has 104 valence electrons. The van der Waals surface area contributed by atoms with E-state index in [-0.39, 0.29) is 23.1 Å². The highest BCUT2D eigenvalue weighted by molar-refractivity contribution is 5.70. The zero-order valence-corrected chi connectivity index (χ0v) is 11.5. The van der Waals surface area contributed by atoms with Gasteiger partial charge in [-0.05, 0) is 38.0 Å². The van der Waals surface area contributed by atoms with Crippen LogP contribution in [0.1, 0.15) is 16.8 Å². The van der Waals surface area contributed by atoms with Crippen molar-refractivity contribution in [3.63, 3.8) is 0 Å². The summed E-state index contributed by atoms with van der Waals surface area (Å²) >= 11 is 0. The Kier molecular flexibility index (Phi) is 3.51. The molecule has 3 N–H and O–H groups in total. The Morgan fingerprint density at radius 3 is 2.60 bits per heavy atom. The van der Waals surface area contributed by atoms with E-state index in [4.69, 9.17) is 5.73 Å². The summed E-state index contributed by atoms with van der Waals surface area (Å²) in [7, 11) is 0. The third-order valence-electron chi connectivity index (χ3n) is 2.90. The maximum atomic E-state index is 11.1. The number of nitrogens with zero attached hydrogens (tertiary/aromatic N) is 3. The second-order valence-corrected chi connectivity index (χ2v) is 4.56. The number of hydrogen-bond acceptors (Lipinski definition) is 6. The molecule has 0 amide bonds. The van der Waals surface area contributed by atoms with Crippen molar-refractivity contribution in [2.75, 3.05) is 11.1 Å². The van der Waals surface area contributed by atoms with Crippen LogP contribution in [0.4, 0.5) is 23.1 Å². The van der Waals surface area contributed by atoms with Crippen LogP contribution in [-0.2, 0) is 0 Å². The first-order chi connectivity index (χ1) is 9.38. The second-order valence-electron chi connectivity index (χ2n) is 4.56. The standard InChI is InChI=1S/C13H15N5O2/c1-7-4-5-8(2)10(6-7)16-12-11(18(19)20)9(3)15-13(14)17-12/h4-6H,1-3H3,(H3,14,15,16,17). The van der Waals surface area contributed by atoms with Crippen LogP contribution in [0.2, 0.25) is 0 Å². The van der Waals surface area contributed by atoms with Crippen molar-refractivity contribution in [3.05, 3.63) is 45.1 Å². The number of aromatic nitrogens is 2. The largest absolute Gasteiger partial charge is 0.368 e. The summed E-state index contributed by atoms with van der Waals surface area (Å²) in [6.45, 7) is 5.38. The number of nitro groups is 1. The van der Waals surface area contributed by atoms with Gasteiger partial charge in [-0.2, -0.15) is 4.98 Å². The number of rotatable bonds is 3. The number of nitrogen functional groups attached to an aromatic ring is 1. The molecule has 0 aliphatic carbocycles. The molecule has 1 aromatic heterocycles. The molecule has 0 saturated carbocycles. The monoisotopic (exact) mass is 273 g/mol. The highest BCUT2D eigenvalue weighted by Crippen LogP contribution is 2.30. The minimum Gasteiger partial charge on any atom is -0.368 e. The van der Waals surface area contributed by atoms with Crippen LogP contribution in [0.25, 0.3) is 0 Å². The molecule has 0 spiro atoms. The van der Waals surface area contributed by atoms with E-state index in [1.54, 1.807) is 0 Å². The van der Waals surface area contributed by atoms with Gasteiger partial charge in [0.25, 0.3) is 0 Å².